The number of aliphatic carboxylic acids is 1. The molecular weight excluding hydrogens is 306 g/mol. The number of nitrogens with one attached hydrogen (secondary N) is 1. The van der Waals surface area contributed by atoms with E-state index in [4.69, 9.17) is 0 Å². The maximum atomic E-state index is 12.4. The highest BCUT2D eigenvalue weighted by atomic mass is 16.4. The van der Waals surface area contributed by atoms with Crippen molar-refractivity contribution in [2.75, 3.05) is 0 Å². The maximum absolute atomic E-state index is 12.4. The van der Waals surface area contributed by atoms with E-state index in [1.807, 2.05) is 51.1 Å². The minimum absolute atomic E-state index is 0.174. The van der Waals surface area contributed by atoms with E-state index in [-0.39, 0.29) is 5.92 Å². The number of carbonyl (C=O) groups excluding carboxylic acids is 1. The molecule has 6 heteroatoms. The zero-order chi connectivity index (χ0) is 17.7. The molecule has 0 bridgehead atoms. The van der Waals surface area contributed by atoms with Crippen molar-refractivity contribution in [1.82, 2.24) is 15.1 Å². The summed E-state index contributed by atoms with van der Waals surface area (Å²) in [4.78, 5) is 23.7. The Morgan fingerprint density at radius 3 is 2.50 bits per heavy atom. The molecule has 0 unspecified atom stereocenters. The van der Waals surface area contributed by atoms with Gasteiger partial charge in [-0.2, -0.15) is 5.10 Å². The summed E-state index contributed by atoms with van der Waals surface area (Å²) in [5.41, 5.74) is 2.20. The molecule has 1 atom stereocenters. The molecule has 1 amide bonds. The quantitative estimate of drug-likeness (QED) is 0.817. The van der Waals surface area contributed by atoms with E-state index in [1.54, 1.807) is 4.68 Å². The number of rotatable bonds is 7. The average molecular weight is 329 g/mol. The van der Waals surface area contributed by atoms with Crippen molar-refractivity contribution >= 4 is 11.9 Å². The van der Waals surface area contributed by atoms with Gasteiger partial charge in [0.1, 0.15) is 6.04 Å². The Bertz CT molecular complexity index is 708. The molecule has 0 aliphatic rings. The van der Waals surface area contributed by atoms with Crippen LogP contribution in [0, 0.1) is 12.8 Å². The van der Waals surface area contributed by atoms with E-state index in [0.29, 0.717) is 24.2 Å². The van der Waals surface area contributed by atoms with Gasteiger partial charge in [-0.3, -0.25) is 9.48 Å². The summed E-state index contributed by atoms with van der Waals surface area (Å²) in [5, 5.41) is 16.1. The topological polar surface area (TPSA) is 84.2 Å². The lowest BCUT2D eigenvalue weighted by Crippen LogP contribution is -2.41. The first-order chi connectivity index (χ1) is 11.4. The Morgan fingerprint density at radius 1 is 1.25 bits per heavy atom. The van der Waals surface area contributed by atoms with Gasteiger partial charge >= 0.3 is 5.97 Å². The van der Waals surface area contributed by atoms with Crippen LogP contribution in [0.3, 0.4) is 0 Å². The Balaban J connectivity index is 2.11. The smallest absolute Gasteiger partial charge is 0.326 e. The fraction of sp³-hybridized carbons (Fsp3) is 0.389. The molecule has 128 valence electrons. The van der Waals surface area contributed by atoms with E-state index < -0.39 is 17.9 Å². The van der Waals surface area contributed by atoms with Crippen LogP contribution in [0.25, 0.3) is 0 Å². The highest BCUT2D eigenvalue weighted by Gasteiger charge is 2.23. The third kappa shape index (κ3) is 4.44. The van der Waals surface area contributed by atoms with Gasteiger partial charge in [-0.15, -0.1) is 0 Å². The van der Waals surface area contributed by atoms with Crippen molar-refractivity contribution < 1.29 is 14.7 Å². The zero-order valence-corrected chi connectivity index (χ0v) is 14.2. The monoisotopic (exact) mass is 329 g/mol. The van der Waals surface area contributed by atoms with E-state index in [2.05, 4.69) is 10.4 Å². The first-order valence-electron chi connectivity index (χ1n) is 7.98. The summed E-state index contributed by atoms with van der Waals surface area (Å²) >= 11 is 0. The average Bonchev–Trinajstić information content (AvgIpc) is 2.88. The summed E-state index contributed by atoms with van der Waals surface area (Å²) in [6.07, 6.45) is 1.88. The molecule has 24 heavy (non-hydrogen) atoms. The van der Waals surface area contributed by atoms with E-state index in [1.165, 1.54) is 6.20 Å². The van der Waals surface area contributed by atoms with Crippen LogP contribution in [0.1, 0.15) is 41.9 Å². The van der Waals surface area contributed by atoms with Crippen LogP contribution in [0.15, 0.2) is 36.5 Å². The number of hydrogen-bond donors (Lipinski definition) is 2. The Morgan fingerprint density at radius 2 is 1.92 bits per heavy atom. The van der Waals surface area contributed by atoms with Crippen molar-refractivity contribution in [1.29, 1.82) is 0 Å². The Hall–Kier alpha value is -2.63. The van der Waals surface area contributed by atoms with Crippen LogP contribution >= 0.6 is 0 Å². The fourth-order valence-electron chi connectivity index (χ4n) is 2.51. The minimum atomic E-state index is -1.02. The van der Waals surface area contributed by atoms with Crippen molar-refractivity contribution in [3.05, 3.63) is 53.3 Å². The third-order valence-corrected chi connectivity index (χ3v) is 3.83. The van der Waals surface area contributed by atoms with Crippen molar-refractivity contribution in [3.63, 3.8) is 0 Å². The lowest BCUT2D eigenvalue weighted by atomic mass is 10.0. The van der Waals surface area contributed by atoms with Gasteiger partial charge in [0.25, 0.3) is 5.91 Å². The molecule has 2 rings (SSSR count). The molecule has 1 aromatic carbocycles. The molecular formula is C18H23N3O3. The third-order valence-electron chi connectivity index (χ3n) is 3.83. The molecule has 0 saturated carbocycles. The van der Waals surface area contributed by atoms with Gasteiger partial charge in [-0.05, 0) is 24.8 Å². The summed E-state index contributed by atoms with van der Waals surface area (Å²) in [6.45, 7) is 6.22. The first-order valence-corrected chi connectivity index (χ1v) is 7.98. The molecule has 1 aromatic heterocycles. The number of carboxylic acids is 1. The molecule has 2 aromatic rings. The van der Waals surface area contributed by atoms with Gasteiger partial charge in [-0.1, -0.05) is 44.2 Å². The minimum Gasteiger partial charge on any atom is -0.480 e. The van der Waals surface area contributed by atoms with Gasteiger partial charge < -0.3 is 10.4 Å². The van der Waals surface area contributed by atoms with E-state index in [9.17, 15) is 14.7 Å². The molecule has 6 nitrogen and oxygen atoms in total. The largest absolute Gasteiger partial charge is 0.480 e. The Kier molecular flexibility index (Phi) is 5.73. The SMILES string of the molecule is Cc1c(C(=O)N[C@@H](CC(C)C)C(=O)O)cnn1Cc1ccccc1. The normalized spacial score (nSPS) is 12.2. The first kappa shape index (κ1) is 17.7. The lowest BCUT2D eigenvalue weighted by molar-refractivity contribution is -0.139. The second-order valence-corrected chi connectivity index (χ2v) is 6.28. The lowest BCUT2D eigenvalue weighted by Gasteiger charge is -2.16. The number of nitrogens with zero attached hydrogens (tertiary/aromatic N) is 2. The van der Waals surface area contributed by atoms with Crippen LogP contribution in [0.2, 0.25) is 0 Å². The maximum Gasteiger partial charge on any atom is 0.326 e. The van der Waals surface area contributed by atoms with E-state index >= 15 is 0 Å². The molecule has 1 heterocycles. The summed E-state index contributed by atoms with van der Waals surface area (Å²) in [5.74, 6) is -1.25. The molecule has 0 radical (unpaired) electrons. The van der Waals surface area contributed by atoms with Crippen LogP contribution in [-0.4, -0.2) is 32.8 Å². The number of amides is 1. The molecule has 0 fully saturated rings. The van der Waals surface area contributed by atoms with Gasteiger partial charge in [0.2, 0.25) is 0 Å². The number of carbonyl (C=O) groups is 2. The van der Waals surface area contributed by atoms with E-state index in [0.717, 1.165) is 5.56 Å². The number of hydrogen-bond acceptors (Lipinski definition) is 3. The summed E-state index contributed by atoms with van der Waals surface area (Å²) in [7, 11) is 0. The molecule has 0 aliphatic heterocycles. The molecule has 0 spiro atoms. The molecule has 0 aliphatic carbocycles. The fourth-order valence-corrected chi connectivity index (χ4v) is 2.51. The van der Waals surface area contributed by atoms with Crippen LogP contribution in [0.5, 0.6) is 0 Å². The van der Waals surface area contributed by atoms with Gasteiger partial charge in [0, 0.05) is 5.69 Å². The van der Waals surface area contributed by atoms with Crippen LogP contribution in [-0.2, 0) is 11.3 Å². The second-order valence-electron chi connectivity index (χ2n) is 6.28. The predicted molar refractivity (Wildman–Crippen MR) is 90.9 cm³/mol. The van der Waals surface area contributed by atoms with Gasteiger partial charge in [0.15, 0.2) is 0 Å². The number of aromatic nitrogens is 2. The van der Waals surface area contributed by atoms with Crippen LogP contribution in [0.4, 0.5) is 0 Å². The van der Waals surface area contributed by atoms with Gasteiger partial charge in [0.05, 0.1) is 18.3 Å². The van der Waals surface area contributed by atoms with Crippen molar-refractivity contribution in [2.45, 2.75) is 39.8 Å². The van der Waals surface area contributed by atoms with Gasteiger partial charge in [-0.25, -0.2) is 4.79 Å². The second kappa shape index (κ2) is 7.77. The summed E-state index contributed by atoms with van der Waals surface area (Å²) in [6, 6.07) is 8.93. The van der Waals surface area contributed by atoms with Crippen molar-refractivity contribution in [3.8, 4) is 0 Å². The van der Waals surface area contributed by atoms with Crippen LogP contribution < -0.4 is 5.32 Å². The highest BCUT2D eigenvalue weighted by molar-refractivity contribution is 5.97. The van der Waals surface area contributed by atoms with Crippen molar-refractivity contribution in [2.24, 2.45) is 5.92 Å². The standard InChI is InChI=1S/C18H23N3O3/c1-12(2)9-16(18(23)24)20-17(22)15-10-19-21(13(15)3)11-14-7-5-4-6-8-14/h4-8,10,12,16H,9,11H2,1-3H3,(H,20,22)(H,23,24)/t16-/m0/s1. The zero-order valence-electron chi connectivity index (χ0n) is 14.2. The summed E-state index contributed by atoms with van der Waals surface area (Å²) < 4.78 is 1.74. The molecule has 0 saturated heterocycles. The molecule has 2 N–H and O–H groups in total. The highest BCUT2D eigenvalue weighted by Crippen LogP contribution is 2.12. The number of benzene rings is 1. The Labute approximate surface area is 141 Å². The predicted octanol–water partition coefficient (Wildman–Crippen LogP) is 2.47. The number of carboxylic acid groups (broad SMARTS) is 1.